The summed E-state index contributed by atoms with van der Waals surface area (Å²) in [4.78, 5) is 38.5. The maximum absolute atomic E-state index is 12.5. The smallest absolute Gasteiger partial charge is 0.244 e. The minimum Gasteiger partial charge on any atom is -0.324 e. The van der Waals surface area contributed by atoms with Gasteiger partial charge in [-0.1, -0.05) is 18.2 Å². The Bertz CT molecular complexity index is 942. The van der Waals surface area contributed by atoms with Crippen LogP contribution in [-0.4, -0.2) is 56.0 Å². The minimum atomic E-state index is -3.65. The van der Waals surface area contributed by atoms with E-state index in [-0.39, 0.29) is 35.1 Å². The third-order valence-electron chi connectivity index (χ3n) is 5.16. The third-order valence-corrected chi connectivity index (χ3v) is 6.97. The lowest BCUT2D eigenvalue weighted by Crippen LogP contribution is -2.38. The second-order valence-corrected chi connectivity index (χ2v) is 9.38. The van der Waals surface area contributed by atoms with Crippen LogP contribution in [0.4, 0.5) is 5.69 Å². The number of nitrogens with zero attached hydrogens (tertiary/aromatic N) is 2. The topological polar surface area (TPSA) is 104 Å². The number of anilines is 1. The molecule has 1 fully saturated rings. The number of carbonyl (C=O) groups is 3. The number of carbonyl (C=O) groups excluding carboxylic acids is 3. The summed E-state index contributed by atoms with van der Waals surface area (Å²) in [7, 11) is -0.804. The van der Waals surface area contributed by atoms with E-state index in [1.54, 1.807) is 13.0 Å². The van der Waals surface area contributed by atoms with Crippen LogP contribution in [-0.2, 0) is 24.4 Å². The number of hydrogen-bond donors (Lipinski definition) is 1. The molecule has 0 saturated carbocycles. The summed E-state index contributed by atoms with van der Waals surface area (Å²) in [6.45, 7) is 1.35. The summed E-state index contributed by atoms with van der Waals surface area (Å²) in [6.07, 6.45) is 4.79. The van der Waals surface area contributed by atoms with E-state index < -0.39 is 15.9 Å². The number of likely N-dealkylation sites (tertiary alicyclic amines) is 1. The highest BCUT2D eigenvalue weighted by molar-refractivity contribution is 7.89. The number of allylic oxidation sites excluding steroid dienone is 2. The van der Waals surface area contributed by atoms with E-state index in [9.17, 15) is 22.8 Å². The predicted molar refractivity (Wildman–Crippen MR) is 103 cm³/mol. The number of nitrogens with one attached hydrogen (secondary N) is 1. The zero-order valence-corrected chi connectivity index (χ0v) is 16.8. The maximum atomic E-state index is 12.5. The van der Waals surface area contributed by atoms with Crippen LogP contribution in [0.5, 0.6) is 0 Å². The molecule has 1 N–H and O–H groups in total. The van der Waals surface area contributed by atoms with E-state index >= 15 is 0 Å². The lowest BCUT2D eigenvalue weighted by atomic mass is 9.85. The lowest BCUT2D eigenvalue weighted by molar-refractivity contribution is -0.142. The highest BCUT2D eigenvalue weighted by Crippen LogP contribution is 2.35. The van der Waals surface area contributed by atoms with Gasteiger partial charge in [0.15, 0.2) is 0 Å². The van der Waals surface area contributed by atoms with Crippen molar-refractivity contribution in [1.29, 1.82) is 0 Å². The van der Waals surface area contributed by atoms with Gasteiger partial charge >= 0.3 is 0 Å². The van der Waals surface area contributed by atoms with Gasteiger partial charge in [-0.15, -0.1) is 0 Å². The molecule has 0 bridgehead atoms. The van der Waals surface area contributed by atoms with Crippen molar-refractivity contribution >= 4 is 33.4 Å². The van der Waals surface area contributed by atoms with Gasteiger partial charge in [0.25, 0.3) is 0 Å². The van der Waals surface area contributed by atoms with Crippen molar-refractivity contribution in [3.8, 4) is 0 Å². The molecule has 8 nitrogen and oxygen atoms in total. The number of amides is 3. The Morgan fingerprint density at radius 2 is 1.71 bits per heavy atom. The van der Waals surface area contributed by atoms with Gasteiger partial charge in [0.05, 0.1) is 16.7 Å². The fourth-order valence-corrected chi connectivity index (χ4v) is 4.39. The first-order chi connectivity index (χ1) is 13.1. The van der Waals surface area contributed by atoms with Gasteiger partial charge in [0.2, 0.25) is 27.7 Å². The first-order valence-corrected chi connectivity index (χ1v) is 10.4. The van der Waals surface area contributed by atoms with Crippen LogP contribution in [0, 0.1) is 18.8 Å². The van der Waals surface area contributed by atoms with E-state index in [0.29, 0.717) is 24.1 Å². The highest BCUT2D eigenvalue weighted by Gasteiger charge is 2.47. The average molecular weight is 405 g/mol. The van der Waals surface area contributed by atoms with E-state index in [0.717, 1.165) is 9.21 Å². The van der Waals surface area contributed by atoms with Crippen LogP contribution in [0.1, 0.15) is 18.4 Å². The summed E-state index contributed by atoms with van der Waals surface area (Å²) in [5.74, 6) is -1.97. The van der Waals surface area contributed by atoms with Crippen molar-refractivity contribution in [2.45, 2.75) is 24.7 Å². The Morgan fingerprint density at radius 1 is 1.14 bits per heavy atom. The molecule has 2 atom stereocenters. The Labute approximate surface area is 164 Å². The van der Waals surface area contributed by atoms with E-state index in [1.165, 1.54) is 26.2 Å². The number of rotatable bonds is 5. The molecular formula is C19H23N3O5S. The molecule has 0 aromatic heterocycles. The summed E-state index contributed by atoms with van der Waals surface area (Å²) >= 11 is 0. The van der Waals surface area contributed by atoms with Crippen LogP contribution in [0.2, 0.25) is 0 Å². The van der Waals surface area contributed by atoms with Crippen LogP contribution in [0.25, 0.3) is 0 Å². The molecule has 3 rings (SSSR count). The molecule has 1 aliphatic carbocycles. The predicted octanol–water partition coefficient (Wildman–Crippen LogP) is 1.14. The molecule has 1 heterocycles. The van der Waals surface area contributed by atoms with Crippen molar-refractivity contribution in [2.75, 3.05) is 26.0 Å². The second-order valence-electron chi connectivity index (χ2n) is 7.23. The standard InChI is InChI=1S/C19H23N3O5S/c1-12-8-9-13(28(26,27)21(2)3)10-16(12)20-17(23)11-22-18(24)14-6-4-5-7-15(14)19(22)25/h4-5,8-10,14-15H,6-7,11H2,1-3H3,(H,20,23). The van der Waals surface area contributed by atoms with Gasteiger partial charge in [0.1, 0.15) is 6.54 Å². The Balaban J connectivity index is 1.75. The average Bonchev–Trinajstić information content (AvgIpc) is 2.88. The van der Waals surface area contributed by atoms with Crippen molar-refractivity contribution in [1.82, 2.24) is 9.21 Å². The zero-order valence-electron chi connectivity index (χ0n) is 16.0. The van der Waals surface area contributed by atoms with Gasteiger partial charge in [-0.25, -0.2) is 12.7 Å². The van der Waals surface area contributed by atoms with Gasteiger partial charge < -0.3 is 5.32 Å². The molecule has 2 unspecified atom stereocenters. The van der Waals surface area contributed by atoms with Crippen LogP contribution < -0.4 is 5.32 Å². The van der Waals surface area contributed by atoms with Crippen LogP contribution >= 0.6 is 0 Å². The van der Waals surface area contributed by atoms with Crippen LogP contribution in [0.15, 0.2) is 35.2 Å². The number of imide groups is 1. The third kappa shape index (κ3) is 3.59. The first kappa shape index (κ1) is 20.2. The molecule has 0 spiro atoms. The molecule has 1 aromatic rings. The molecule has 9 heteroatoms. The van der Waals surface area contributed by atoms with E-state index in [2.05, 4.69) is 5.32 Å². The summed E-state index contributed by atoms with van der Waals surface area (Å²) in [6, 6.07) is 4.43. The normalized spacial score (nSPS) is 21.9. The molecule has 2 aliphatic rings. The summed E-state index contributed by atoms with van der Waals surface area (Å²) in [5.41, 5.74) is 0.995. The molecule has 3 amide bonds. The first-order valence-electron chi connectivity index (χ1n) is 8.96. The molecule has 150 valence electrons. The maximum Gasteiger partial charge on any atom is 0.244 e. The fraction of sp³-hybridized carbons (Fsp3) is 0.421. The Morgan fingerprint density at radius 3 is 2.25 bits per heavy atom. The van der Waals surface area contributed by atoms with E-state index in [4.69, 9.17) is 0 Å². The monoisotopic (exact) mass is 405 g/mol. The molecule has 0 radical (unpaired) electrons. The van der Waals surface area contributed by atoms with Gasteiger partial charge in [-0.3, -0.25) is 19.3 Å². The van der Waals surface area contributed by atoms with Gasteiger partial charge in [0, 0.05) is 19.8 Å². The molecule has 28 heavy (non-hydrogen) atoms. The van der Waals surface area contributed by atoms with Crippen molar-refractivity contribution < 1.29 is 22.8 Å². The highest BCUT2D eigenvalue weighted by atomic mass is 32.2. The number of benzene rings is 1. The largest absolute Gasteiger partial charge is 0.324 e. The minimum absolute atomic E-state index is 0.0452. The summed E-state index contributed by atoms with van der Waals surface area (Å²) in [5, 5.41) is 2.63. The molecule has 1 aromatic carbocycles. The summed E-state index contributed by atoms with van der Waals surface area (Å²) < 4.78 is 25.7. The Kier molecular flexibility index (Phi) is 5.40. The molecular weight excluding hydrogens is 382 g/mol. The van der Waals surface area contributed by atoms with Crippen molar-refractivity contribution in [3.63, 3.8) is 0 Å². The van der Waals surface area contributed by atoms with Crippen molar-refractivity contribution in [3.05, 3.63) is 35.9 Å². The lowest BCUT2D eigenvalue weighted by Gasteiger charge is -2.17. The number of hydrogen-bond acceptors (Lipinski definition) is 5. The number of aryl methyl sites for hydroxylation is 1. The SMILES string of the molecule is Cc1ccc(S(=O)(=O)N(C)C)cc1NC(=O)CN1C(=O)C2CC=CCC2C1=O. The van der Waals surface area contributed by atoms with Gasteiger partial charge in [-0.2, -0.15) is 0 Å². The quantitative estimate of drug-likeness (QED) is 0.584. The number of fused-ring (bicyclic) bond motifs is 1. The van der Waals surface area contributed by atoms with Crippen LogP contribution in [0.3, 0.4) is 0 Å². The zero-order chi connectivity index (χ0) is 20.6. The van der Waals surface area contributed by atoms with E-state index in [1.807, 2.05) is 12.2 Å². The molecule has 1 aliphatic heterocycles. The van der Waals surface area contributed by atoms with Crippen molar-refractivity contribution in [2.24, 2.45) is 11.8 Å². The second kappa shape index (κ2) is 7.48. The number of sulfonamides is 1. The Hall–Kier alpha value is -2.52. The fourth-order valence-electron chi connectivity index (χ4n) is 3.47. The molecule has 1 saturated heterocycles. The van der Waals surface area contributed by atoms with Gasteiger partial charge in [-0.05, 0) is 37.5 Å².